The Balaban J connectivity index is 2.53. The zero-order valence-electron chi connectivity index (χ0n) is 11.2. The molecule has 0 spiro atoms. The minimum Gasteiger partial charge on any atom is -0.338 e. The summed E-state index contributed by atoms with van der Waals surface area (Å²) < 4.78 is 88.3. The van der Waals surface area contributed by atoms with Crippen LogP contribution < -0.4 is 10.6 Å². The fourth-order valence-electron chi connectivity index (χ4n) is 1.89. The van der Waals surface area contributed by atoms with E-state index < -0.39 is 41.5 Å². The van der Waals surface area contributed by atoms with E-state index in [1.54, 1.807) is 0 Å². The van der Waals surface area contributed by atoms with Crippen molar-refractivity contribution in [3.63, 3.8) is 0 Å². The summed E-state index contributed by atoms with van der Waals surface area (Å²) in [6.45, 7) is 0. The molecule has 0 saturated heterocycles. The second kappa shape index (κ2) is 5.69. The van der Waals surface area contributed by atoms with E-state index in [1.165, 1.54) is 0 Å². The van der Waals surface area contributed by atoms with Crippen molar-refractivity contribution in [3.8, 4) is 0 Å². The van der Waals surface area contributed by atoms with Gasteiger partial charge in [0.2, 0.25) is 0 Å². The van der Waals surface area contributed by atoms with Crippen molar-refractivity contribution in [1.29, 1.82) is 0 Å². The van der Waals surface area contributed by atoms with Gasteiger partial charge in [0.05, 0.1) is 11.1 Å². The minimum absolute atomic E-state index is 0.459. The molecule has 2 nitrogen and oxygen atoms in total. The van der Waals surface area contributed by atoms with Crippen LogP contribution in [0.2, 0.25) is 0 Å². The van der Waals surface area contributed by atoms with Crippen LogP contribution in [0.4, 0.5) is 26.3 Å². The molecule has 1 N–H and O–H groups in total. The highest BCUT2D eigenvalue weighted by Crippen LogP contribution is 2.41. The van der Waals surface area contributed by atoms with Crippen molar-refractivity contribution in [2.24, 2.45) is 0 Å². The molecule has 0 aliphatic heterocycles. The summed E-state index contributed by atoms with van der Waals surface area (Å²) in [5.41, 5.74) is -2.31. The van der Waals surface area contributed by atoms with Crippen molar-refractivity contribution in [2.75, 3.05) is 0 Å². The highest BCUT2D eigenvalue weighted by Gasteiger charge is 2.35. The predicted molar refractivity (Wildman–Crippen MR) is 72.0 cm³/mol. The molecule has 2 aromatic carbocycles. The number of benzene rings is 2. The molecule has 0 amide bonds. The van der Waals surface area contributed by atoms with Crippen LogP contribution in [0.1, 0.15) is 11.1 Å². The van der Waals surface area contributed by atoms with Gasteiger partial charge >= 0.3 is 12.4 Å². The number of alkyl halides is 6. The lowest BCUT2D eigenvalue weighted by Crippen LogP contribution is -2.19. The third-order valence-corrected chi connectivity index (χ3v) is 5.00. The van der Waals surface area contributed by atoms with Gasteiger partial charge < -0.3 is 4.89 Å². The average molecular weight is 354 g/mol. The molecule has 124 valence electrons. The maximum Gasteiger partial charge on any atom is 0.416 e. The first-order valence-electron chi connectivity index (χ1n) is 6.11. The standard InChI is InChI=1S/C14H9F6O2P/c15-13(16,17)9-3-1-5-11(7-9)23(21,22)12-6-2-4-10(8-12)14(18,19)20/h1-8H,(H,21,22). The molecule has 0 unspecified atom stereocenters. The van der Waals surface area contributed by atoms with Gasteiger partial charge in [0.1, 0.15) is 0 Å². The number of hydrogen-bond donors (Lipinski definition) is 1. The molecular formula is C14H9F6O2P. The molecule has 0 aliphatic carbocycles. The molecule has 0 aliphatic rings. The van der Waals surface area contributed by atoms with Crippen LogP contribution in [0, 0.1) is 0 Å². The summed E-state index contributed by atoms with van der Waals surface area (Å²) in [6.07, 6.45) is -9.46. The average Bonchev–Trinajstić information content (AvgIpc) is 2.46. The fourth-order valence-corrected chi connectivity index (χ4v) is 3.39. The fraction of sp³-hybridized carbons (Fsp3) is 0.143. The van der Waals surface area contributed by atoms with Crippen LogP contribution in [0.15, 0.2) is 48.5 Å². The Morgan fingerprint density at radius 2 is 1.09 bits per heavy atom. The Morgan fingerprint density at radius 3 is 1.39 bits per heavy atom. The zero-order chi connectivity index (χ0) is 17.5. The summed E-state index contributed by atoms with van der Waals surface area (Å²) in [6, 6.07) is 6.11. The number of rotatable bonds is 2. The van der Waals surface area contributed by atoms with Crippen molar-refractivity contribution in [3.05, 3.63) is 59.7 Å². The normalized spacial score (nSPS) is 13.2. The molecular weight excluding hydrogens is 345 g/mol. The first kappa shape index (κ1) is 17.6. The molecule has 0 fully saturated rings. The molecule has 0 heterocycles. The van der Waals surface area contributed by atoms with Gasteiger partial charge in [0.15, 0.2) is 0 Å². The largest absolute Gasteiger partial charge is 0.416 e. The van der Waals surface area contributed by atoms with Crippen molar-refractivity contribution >= 4 is 18.0 Å². The van der Waals surface area contributed by atoms with Gasteiger partial charge in [-0.3, -0.25) is 4.57 Å². The smallest absolute Gasteiger partial charge is 0.338 e. The van der Waals surface area contributed by atoms with E-state index in [4.69, 9.17) is 0 Å². The molecule has 2 rings (SSSR count). The molecule has 2 aromatic rings. The van der Waals surface area contributed by atoms with E-state index in [2.05, 4.69) is 0 Å². The maximum atomic E-state index is 12.7. The second-order valence-electron chi connectivity index (χ2n) is 4.67. The van der Waals surface area contributed by atoms with Gasteiger partial charge in [-0.1, -0.05) is 12.1 Å². The molecule has 23 heavy (non-hydrogen) atoms. The van der Waals surface area contributed by atoms with Crippen molar-refractivity contribution < 1.29 is 35.8 Å². The van der Waals surface area contributed by atoms with E-state index in [9.17, 15) is 35.8 Å². The van der Waals surface area contributed by atoms with E-state index in [0.717, 1.165) is 24.3 Å². The second-order valence-corrected chi connectivity index (χ2v) is 6.86. The van der Waals surface area contributed by atoms with E-state index in [-0.39, 0.29) is 0 Å². The van der Waals surface area contributed by atoms with Crippen LogP contribution in [0.5, 0.6) is 0 Å². The summed E-state index contributed by atoms with van der Waals surface area (Å²) in [5, 5.41) is -1.18. The number of halogens is 6. The third kappa shape index (κ3) is 3.76. The topological polar surface area (TPSA) is 37.3 Å². The molecule has 0 saturated carbocycles. The van der Waals surface area contributed by atoms with Crippen LogP contribution in [-0.4, -0.2) is 4.89 Å². The van der Waals surface area contributed by atoms with Gasteiger partial charge in [-0.25, -0.2) is 0 Å². The van der Waals surface area contributed by atoms with Crippen LogP contribution in [0.3, 0.4) is 0 Å². The van der Waals surface area contributed by atoms with Gasteiger partial charge in [0, 0.05) is 10.6 Å². The molecule has 0 atom stereocenters. The van der Waals surface area contributed by atoms with Gasteiger partial charge in [0.25, 0.3) is 7.37 Å². The Morgan fingerprint density at radius 1 is 0.739 bits per heavy atom. The maximum absolute atomic E-state index is 12.7. The Bertz CT molecular complexity index is 705. The zero-order valence-corrected chi connectivity index (χ0v) is 12.1. The monoisotopic (exact) mass is 354 g/mol. The van der Waals surface area contributed by atoms with Crippen molar-refractivity contribution in [2.45, 2.75) is 12.4 Å². The molecule has 0 bridgehead atoms. The van der Waals surface area contributed by atoms with Crippen LogP contribution in [0.25, 0.3) is 0 Å². The highest BCUT2D eigenvalue weighted by atomic mass is 31.2. The Labute approximate surface area is 126 Å². The van der Waals surface area contributed by atoms with E-state index >= 15 is 0 Å². The molecule has 0 radical (unpaired) electrons. The van der Waals surface area contributed by atoms with Crippen LogP contribution >= 0.6 is 7.37 Å². The lowest BCUT2D eigenvalue weighted by Gasteiger charge is -2.16. The van der Waals surface area contributed by atoms with Gasteiger partial charge in [-0.05, 0) is 36.4 Å². The lowest BCUT2D eigenvalue weighted by atomic mass is 10.2. The molecule has 0 aromatic heterocycles. The summed E-state index contributed by atoms with van der Waals surface area (Å²) >= 11 is 0. The number of hydrogen-bond acceptors (Lipinski definition) is 1. The Kier molecular flexibility index (Phi) is 4.34. The summed E-state index contributed by atoms with van der Waals surface area (Å²) in [4.78, 5) is 10.1. The summed E-state index contributed by atoms with van der Waals surface area (Å²) in [7, 11) is -4.59. The molecule has 9 heteroatoms. The minimum atomic E-state index is -4.73. The van der Waals surface area contributed by atoms with E-state index in [1.807, 2.05) is 0 Å². The van der Waals surface area contributed by atoms with Gasteiger partial charge in [-0.2, -0.15) is 26.3 Å². The third-order valence-electron chi connectivity index (χ3n) is 3.05. The lowest BCUT2D eigenvalue weighted by molar-refractivity contribution is -0.138. The first-order chi connectivity index (χ1) is 10.4. The van der Waals surface area contributed by atoms with Gasteiger partial charge in [-0.15, -0.1) is 0 Å². The highest BCUT2D eigenvalue weighted by molar-refractivity contribution is 7.73. The summed E-state index contributed by atoms with van der Waals surface area (Å²) in [5.74, 6) is 0. The first-order valence-corrected chi connectivity index (χ1v) is 7.77. The predicted octanol–water partition coefficient (Wildman–Crippen LogP) is 3.95. The van der Waals surface area contributed by atoms with Crippen molar-refractivity contribution in [1.82, 2.24) is 0 Å². The van der Waals surface area contributed by atoms with Crippen LogP contribution in [-0.2, 0) is 16.9 Å². The Hall–Kier alpha value is -1.79. The van der Waals surface area contributed by atoms with E-state index in [0.29, 0.717) is 24.3 Å². The SMILES string of the molecule is O=P(O)(c1cccc(C(F)(F)F)c1)c1cccc(C(F)(F)F)c1. The quantitative estimate of drug-likeness (QED) is 0.655.